The molecule has 7 nitrogen and oxygen atoms in total. The van der Waals surface area contributed by atoms with E-state index in [0.717, 1.165) is 30.6 Å². The summed E-state index contributed by atoms with van der Waals surface area (Å²) in [6.45, 7) is -0.0859. The van der Waals surface area contributed by atoms with Gasteiger partial charge in [-0.25, -0.2) is 0 Å². The van der Waals surface area contributed by atoms with Crippen molar-refractivity contribution < 1.29 is 18.8 Å². The zero-order valence-corrected chi connectivity index (χ0v) is 19.1. The van der Waals surface area contributed by atoms with E-state index in [-0.39, 0.29) is 36.9 Å². The van der Waals surface area contributed by atoms with Gasteiger partial charge in [0, 0.05) is 10.9 Å². The lowest BCUT2D eigenvalue weighted by Gasteiger charge is -2.31. The van der Waals surface area contributed by atoms with Crippen LogP contribution in [0.4, 0.5) is 0 Å². The minimum absolute atomic E-state index is 0.126. The molecule has 3 heterocycles. The lowest BCUT2D eigenvalue weighted by Crippen LogP contribution is -2.48. The molecule has 4 rings (SSSR count). The van der Waals surface area contributed by atoms with Crippen molar-refractivity contribution in [3.63, 3.8) is 0 Å². The Labute approximate surface area is 194 Å². The first-order valence-corrected chi connectivity index (χ1v) is 12.3. The van der Waals surface area contributed by atoms with Crippen molar-refractivity contribution in [2.24, 2.45) is 0 Å². The van der Waals surface area contributed by atoms with Crippen LogP contribution in [-0.2, 0) is 16.1 Å². The highest BCUT2D eigenvalue weighted by molar-refractivity contribution is 7.12. The second-order valence-corrected chi connectivity index (χ2v) is 9.60. The Morgan fingerprint density at radius 2 is 1.84 bits per heavy atom. The molecule has 1 saturated carbocycles. The molecule has 9 heteroatoms. The fourth-order valence-corrected chi connectivity index (χ4v) is 5.34. The van der Waals surface area contributed by atoms with Gasteiger partial charge in [0.25, 0.3) is 5.91 Å². The van der Waals surface area contributed by atoms with E-state index in [2.05, 4.69) is 10.6 Å². The van der Waals surface area contributed by atoms with Crippen LogP contribution in [0.25, 0.3) is 0 Å². The maximum Gasteiger partial charge on any atom is 0.261 e. The summed E-state index contributed by atoms with van der Waals surface area (Å²) in [5, 5.41) is 9.50. The molecule has 1 atom stereocenters. The Bertz CT molecular complexity index is 1010. The van der Waals surface area contributed by atoms with E-state index in [1.165, 1.54) is 33.8 Å². The summed E-state index contributed by atoms with van der Waals surface area (Å²) in [7, 11) is 0. The summed E-state index contributed by atoms with van der Waals surface area (Å²) in [4.78, 5) is 41.8. The first kappa shape index (κ1) is 22.3. The summed E-state index contributed by atoms with van der Waals surface area (Å²) in [5.74, 6) is -0.303. The van der Waals surface area contributed by atoms with Crippen LogP contribution >= 0.6 is 22.7 Å². The fraction of sp³-hybridized carbons (Fsp3) is 0.348. The highest BCUT2D eigenvalue weighted by Crippen LogP contribution is 2.29. The first-order chi connectivity index (χ1) is 15.6. The Morgan fingerprint density at radius 1 is 1.06 bits per heavy atom. The van der Waals surface area contributed by atoms with Gasteiger partial charge in [-0.2, -0.15) is 0 Å². The average molecular weight is 472 g/mol. The van der Waals surface area contributed by atoms with Gasteiger partial charge >= 0.3 is 0 Å². The van der Waals surface area contributed by atoms with Gasteiger partial charge in [-0.3, -0.25) is 14.4 Å². The largest absolute Gasteiger partial charge is 0.467 e. The number of amides is 3. The molecule has 1 aliphatic carbocycles. The molecule has 0 unspecified atom stereocenters. The molecule has 3 aromatic rings. The molecule has 2 N–H and O–H groups in total. The van der Waals surface area contributed by atoms with Gasteiger partial charge in [-0.15, -0.1) is 22.7 Å². The molecular formula is C23H25N3O4S2. The third kappa shape index (κ3) is 5.46. The summed E-state index contributed by atoms with van der Waals surface area (Å²) >= 11 is 2.73. The van der Waals surface area contributed by atoms with Gasteiger partial charge < -0.3 is 20.0 Å². The predicted octanol–water partition coefficient (Wildman–Crippen LogP) is 3.96. The van der Waals surface area contributed by atoms with Crippen molar-refractivity contribution in [1.29, 1.82) is 0 Å². The van der Waals surface area contributed by atoms with Crippen LogP contribution in [-0.4, -0.2) is 35.2 Å². The quantitative estimate of drug-likeness (QED) is 0.494. The summed E-state index contributed by atoms with van der Waals surface area (Å²) in [5.41, 5.74) is 0. The summed E-state index contributed by atoms with van der Waals surface area (Å²) < 4.78 is 5.47. The lowest BCUT2D eigenvalue weighted by molar-refractivity contribution is -0.141. The van der Waals surface area contributed by atoms with Crippen molar-refractivity contribution >= 4 is 40.4 Å². The second kappa shape index (κ2) is 10.6. The maximum absolute atomic E-state index is 13.4. The van der Waals surface area contributed by atoms with Gasteiger partial charge in [0.1, 0.15) is 11.8 Å². The Hall–Kier alpha value is -2.91. The zero-order valence-electron chi connectivity index (χ0n) is 17.5. The molecule has 1 aliphatic rings. The van der Waals surface area contributed by atoms with E-state index in [1.54, 1.807) is 29.6 Å². The topological polar surface area (TPSA) is 91.7 Å². The van der Waals surface area contributed by atoms with Crippen molar-refractivity contribution in [3.05, 3.63) is 68.9 Å². The van der Waals surface area contributed by atoms with Gasteiger partial charge in [0.05, 0.1) is 24.2 Å². The van der Waals surface area contributed by atoms with E-state index < -0.39 is 6.04 Å². The van der Waals surface area contributed by atoms with E-state index in [0.29, 0.717) is 10.6 Å². The third-order valence-electron chi connectivity index (χ3n) is 5.45. The van der Waals surface area contributed by atoms with E-state index in [1.807, 2.05) is 17.5 Å². The molecule has 0 aromatic carbocycles. The van der Waals surface area contributed by atoms with Crippen LogP contribution in [0, 0.1) is 0 Å². The van der Waals surface area contributed by atoms with E-state index in [4.69, 9.17) is 4.42 Å². The van der Waals surface area contributed by atoms with Crippen LogP contribution < -0.4 is 10.6 Å². The Morgan fingerprint density at radius 3 is 2.50 bits per heavy atom. The fourth-order valence-electron chi connectivity index (χ4n) is 3.87. The molecule has 3 amide bonds. The van der Waals surface area contributed by atoms with Crippen LogP contribution in [0.3, 0.4) is 0 Å². The monoisotopic (exact) mass is 471 g/mol. The molecule has 168 valence electrons. The molecule has 0 aliphatic heterocycles. The molecule has 0 saturated heterocycles. The molecule has 0 spiro atoms. The van der Waals surface area contributed by atoms with Gasteiger partial charge in [-0.05, 0) is 47.9 Å². The third-order valence-corrected chi connectivity index (χ3v) is 7.24. The second-order valence-electron chi connectivity index (χ2n) is 7.67. The zero-order chi connectivity index (χ0) is 22.3. The number of nitrogens with zero attached hydrogens (tertiary/aromatic N) is 1. The normalized spacial score (nSPS) is 14.8. The van der Waals surface area contributed by atoms with Crippen molar-refractivity contribution in [3.8, 4) is 0 Å². The number of hydrogen-bond donors (Lipinski definition) is 2. The van der Waals surface area contributed by atoms with Crippen LogP contribution in [0.1, 0.15) is 52.0 Å². The number of carbonyl (C=O) groups is 3. The molecule has 0 radical (unpaired) electrons. The first-order valence-electron chi connectivity index (χ1n) is 10.6. The van der Waals surface area contributed by atoms with Crippen LogP contribution in [0.2, 0.25) is 0 Å². The Kier molecular flexibility index (Phi) is 7.39. The molecule has 0 bridgehead atoms. The summed E-state index contributed by atoms with van der Waals surface area (Å²) in [6, 6.07) is 10.1. The van der Waals surface area contributed by atoms with Crippen LogP contribution in [0.5, 0.6) is 0 Å². The van der Waals surface area contributed by atoms with E-state index >= 15 is 0 Å². The van der Waals surface area contributed by atoms with Gasteiger partial charge in [-0.1, -0.05) is 25.0 Å². The van der Waals surface area contributed by atoms with Crippen molar-refractivity contribution in [2.75, 3.05) is 6.54 Å². The number of hydrogen-bond acceptors (Lipinski definition) is 6. The molecule has 1 fully saturated rings. The number of rotatable bonds is 9. The van der Waals surface area contributed by atoms with Crippen molar-refractivity contribution in [1.82, 2.24) is 15.5 Å². The van der Waals surface area contributed by atoms with Crippen LogP contribution in [0.15, 0.2) is 57.8 Å². The molecular weight excluding hydrogens is 446 g/mol. The van der Waals surface area contributed by atoms with Crippen molar-refractivity contribution in [2.45, 2.75) is 44.3 Å². The minimum atomic E-state index is -0.799. The summed E-state index contributed by atoms with van der Waals surface area (Å²) in [6.07, 6.45) is 5.63. The number of thiophene rings is 2. The molecule has 32 heavy (non-hydrogen) atoms. The highest BCUT2D eigenvalue weighted by atomic mass is 32.1. The predicted molar refractivity (Wildman–Crippen MR) is 123 cm³/mol. The number of nitrogens with one attached hydrogen (secondary N) is 2. The Balaban J connectivity index is 1.55. The smallest absolute Gasteiger partial charge is 0.261 e. The molecule has 3 aromatic heterocycles. The lowest BCUT2D eigenvalue weighted by atomic mass is 10.1. The van der Waals surface area contributed by atoms with E-state index in [9.17, 15) is 14.4 Å². The maximum atomic E-state index is 13.4. The number of furan rings is 1. The average Bonchev–Trinajstić information content (AvgIpc) is 3.59. The standard InChI is InChI=1S/C23H25N3O4S2/c27-20(14-24-22(28)19-10-5-13-32-19)26(15-17-8-3-11-30-17)21(18-9-4-12-31-18)23(29)25-16-6-1-2-7-16/h3-5,8-13,16,21H,1-2,6-7,14-15H2,(H,24,28)(H,25,29)/t21-/m1/s1. The van der Waals surface area contributed by atoms with Gasteiger partial charge in [0.2, 0.25) is 11.8 Å². The minimum Gasteiger partial charge on any atom is -0.467 e. The van der Waals surface area contributed by atoms with Gasteiger partial charge in [0.15, 0.2) is 0 Å². The number of carbonyl (C=O) groups excluding carboxylic acids is 3. The highest BCUT2D eigenvalue weighted by Gasteiger charge is 2.34. The SMILES string of the molecule is O=C(NCC(=O)N(Cc1ccco1)[C@@H](C(=O)NC1CCCC1)c1cccs1)c1cccs1.